The largest absolute Gasteiger partial charge is 0.349 e. The SMILES string of the molecule is CCCS(=O)(=O)N1CCn2cccc2C1. The van der Waals surface area contributed by atoms with E-state index in [1.165, 1.54) is 0 Å². The average Bonchev–Trinajstić information content (AvgIpc) is 2.63. The van der Waals surface area contributed by atoms with E-state index in [4.69, 9.17) is 0 Å². The first kappa shape index (κ1) is 10.7. The highest BCUT2D eigenvalue weighted by Crippen LogP contribution is 2.16. The quantitative estimate of drug-likeness (QED) is 0.776. The van der Waals surface area contributed by atoms with Gasteiger partial charge in [-0.25, -0.2) is 8.42 Å². The number of hydrogen-bond acceptors (Lipinski definition) is 2. The van der Waals surface area contributed by atoms with Crippen LogP contribution in [-0.4, -0.2) is 29.6 Å². The van der Waals surface area contributed by atoms with E-state index < -0.39 is 10.0 Å². The molecule has 0 N–H and O–H groups in total. The predicted octanol–water partition coefficient (Wildman–Crippen LogP) is 1.04. The minimum atomic E-state index is -3.03. The Balaban J connectivity index is 2.16. The van der Waals surface area contributed by atoms with Crippen molar-refractivity contribution in [2.45, 2.75) is 26.4 Å². The Morgan fingerprint density at radius 1 is 1.40 bits per heavy atom. The smallest absolute Gasteiger partial charge is 0.214 e. The predicted molar refractivity (Wildman–Crippen MR) is 58.9 cm³/mol. The molecule has 1 aromatic heterocycles. The summed E-state index contributed by atoms with van der Waals surface area (Å²) in [6.45, 7) is 3.79. The highest BCUT2D eigenvalue weighted by atomic mass is 32.2. The molecule has 0 unspecified atom stereocenters. The number of rotatable bonds is 3. The first-order valence-corrected chi connectivity index (χ1v) is 6.86. The van der Waals surface area contributed by atoms with Crippen LogP contribution in [0, 0.1) is 0 Å². The van der Waals surface area contributed by atoms with Gasteiger partial charge >= 0.3 is 0 Å². The summed E-state index contributed by atoms with van der Waals surface area (Å²) in [4.78, 5) is 0. The van der Waals surface area contributed by atoms with Gasteiger partial charge in [-0.1, -0.05) is 6.92 Å². The van der Waals surface area contributed by atoms with Gasteiger partial charge in [0.1, 0.15) is 0 Å². The first-order chi connectivity index (χ1) is 7.13. The monoisotopic (exact) mass is 228 g/mol. The van der Waals surface area contributed by atoms with Crippen LogP contribution < -0.4 is 0 Å². The fourth-order valence-electron chi connectivity index (χ4n) is 1.91. The maximum absolute atomic E-state index is 11.8. The van der Waals surface area contributed by atoms with E-state index in [0.717, 1.165) is 12.2 Å². The van der Waals surface area contributed by atoms with Gasteiger partial charge in [-0.05, 0) is 18.6 Å². The lowest BCUT2D eigenvalue weighted by Crippen LogP contribution is -2.39. The van der Waals surface area contributed by atoms with Gasteiger partial charge in [-0.3, -0.25) is 0 Å². The summed E-state index contributed by atoms with van der Waals surface area (Å²) in [5.74, 6) is 0.258. The highest BCUT2D eigenvalue weighted by Gasteiger charge is 2.25. The molecule has 2 rings (SSSR count). The average molecular weight is 228 g/mol. The number of aromatic nitrogens is 1. The first-order valence-electron chi connectivity index (χ1n) is 5.25. The van der Waals surface area contributed by atoms with Crippen molar-refractivity contribution in [3.8, 4) is 0 Å². The number of fused-ring (bicyclic) bond motifs is 1. The molecule has 0 radical (unpaired) electrons. The molecule has 0 saturated heterocycles. The highest BCUT2D eigenvalue weighted by molar-refractivity contribution is 7.89. The van der Waals surface area contributed by atoms with Crippen molar-refractivity contribution in [1.82, 2.24) is 8.87 Å². The Kier molecular flexibility index (Phi) is 2.84. The van der Waals surface area contributed by atoms with Crippen molar-refractivity contribution in [2.24, 2.45) is 0 Å². The molecular weight excluding hydrogens is 212 g/mol. The minimum Gasteiger partial charge on any atom is -0.349 e. The van der Waals surface area contributed by atoms with Crippen molar-refractivity contribution in [3.05, 3.63) is 24.0 Å². The van der Waals surface area contributed by atoms with Crippen LogP contribution in [0.4, 0.5) is 0 Å². The van der Waals surface area contributed by atoms with E-state index in [-0.39, 0.29) is 5.75 Å². The molecule has 1 aliphatic rings. The van der Waals surface area contributed by atoms with Crippen LogP contribution in [0.25, 0.3) is 0 Å². The van der Waals surface area contributed by atoms with Crippen LogP contribution in [-0.2, 0) is 23.1 Å². The fourth-order valence-corrected chi connectivity index (χ4v) is 3.38. The third kappa shape index (κ3) is 2.08. The molecule has 0 amide bonds. The summed E-state index contributed by atoms with van der Waals surface area (Å²) >= 11 is 0. The molecule has 5 heteroatoms. The van der Waals surface area contributed by atoms with Gasteiger partial charge in [-0.15, -0.1) is 0 Å². The number of sulfonamides is 1. The van der Waals surface area contributed by atoms with Crippen LogP contribution in [0.3, 0.4) is 0 Å². The number of nitrogens with zero attached hydrogens (tertiary/aromatic N) is 2. The molecule has 0 fully saturated rings. The van der Waals surface area contributed by atoms with Gasteiger partial charge in [0, 0.05) is 25.0 Å². The Labute approximate surface area is 90.6 Å². The van der Waals surface area contributed by atoms with Crippen molar-refractivity contribution >= 4 is 10.0 Å². The topological polar surface area (TPSA) is 42.3 Å². The van der Waals surface area contributed by atoms with Gasteiger partial charge in [0.05, 0.1) is 12.3 Å². The summed E-state index contributed by atoms with van der Waals surface area (Å²) in [6.07, 6.45) is 2.68. The van der Waals surface area contributed by atoms with E-state index in [2.05, 4.69) is 4.57 Å². The molecule has 0 aromatic carbocycles. The molecule has 1 aliphatic heterocycles. The molecule has 0 aliphatic carbocycles. The Morgan fingerprint density at radius 2 is 2.20 bits per heavy atom. The van der Waals surface area contributed by atoms with Gasteiger partial charge in [-0.2, -0.15) is 4.31 Å². The maximum atomic E-state index is 11.8. The molecule has 2 heterocycles. The summed E-state index contributed by atoms with van der Waals surface area (Å²) in [5, 5.41) is 0. The van der Waals surface area contributed by atoms with Gasteiger partial charge < -0.3 is 4.57 Å². The standard InChI is InChI=1S/C10H16N2O2S/c1-2-8-15(13,14)12-7-6-11-5-3-4-10(11)9-12/h3-5H,2,6-9H2,1H3. The third-order valence-corrected chi connectivity index (χ3v) is 4.73. The zero-order valence-electron chi connectivity index (χ0n) is 8.89. The Morgan fingerprint density at radius 3 is 2.93 bits per heavy atom. The number of hydrogen-bond donors (Lipinski definition) is 0. The van der Waals surface area contributed by atoms with E-state index in [9.17, 15) is 8.42 Å². The van der Waals surface area contributed by atoms with Gasteiger partial charge in [0.2, 0.25) is 10.0 Å². The van der Waals surface area contributed by atoms with Crippen LogP contribution in [0.2, 0.25) is 0 Å². The molecule has 0 bridgehead atoms. The van der Waals surface area contributed by atoms with Crippen molar-refractivity contribution in [2.75, 3.05) is 12.3 Å². The van der Waals surface area contributed by atoms with Crippen LogP contribution in [0.5, 0.6) is 0 Å². The molecule has 0 atom stereocenters. The Hall–Kier alpha value is -0.810. The summed E-state index contributed by atoms with van der Waals surface area (Å²) in [6, 6.07) is 3.94. The zero-order valence-corrected chi connectivity index (χ0v) is 9.70. The second-order valence-electron chi connectivity index (χ2n) is 3.84. The van der Waals surface area contributed by atoms with Gasteiger partial charge in [0.15, 0.2) is 0 Å². The lowest BCUT2D eigenvalue weighted by molar-refractivity contribution is 0.341. The van der Waals surface area contributed by atoms with E-state index in [1.54, 1.807) is 4.31 Å². The second-order valence-corrected chi connectivity index (χ2v) is 5.93. The summed E-state index contributed by atoms with van der Waals surface area (Å²) < 4.78 is 27.4. The summed E-state index contributed by atoms with van der Waals surface area (Å²) in [7, 11) is -3.03. The minimum absolute atomic E-state index is 0.258. The van der Waals surface area contributed by atoms with Crippen LogP contribution in [0.15, 0.2) is 18.3 Å². The van der Waals surface area contributed by atoms with Crippen molar-refractivity contribution in [3.63, 3.8) is 0 Å². The molecule has 0 spiro atoms. The zero-order chi connectivity index (χ0) is 10.9. The van der Waals surface area contributed by atoms with Gasteiger partial charge in [0.25, 0.3) is 0 Å². The molecule has 84 valence electrons. The lowest BCUT2D eigenvalue weighted by atomic mass is 10.3. The molecule has 15 heavy (non-hydrogen) atoms. The van der Waals surface area contributed by atoms with Crippen molar-refractivity contribution in [1.29, 1.82) is 0 Å². The molecule has 1 aromatic rings. The van der Waals surface area contributed by atoms with E-state index >= 15 is 0 Å². The maximum Gasteiger partial charge on any atom is 0.214 e. The fraction of sp³-hybridized carbons (Fsp3) is 0.600. The summed E-state index contributed by atoms with van der Waals surface area (Å²) in [5.41, 5.74) is 1.08. The normalized spacial score (nSPS) is 17.7. The van der Waals surface area contributed by atoms with Crippen LogP contribution >= 0.6 is 0 Å². The molecule has 4 nitrogen and oxygen atoms in total. The lowest BCUT2D eigenvalue weighted by Gasteiger charge is -2.27. The van der Waals surface area contributed by atoms with E-state index in [1.807, 2.05) is 25.3 Å². The third-order valence-electron chi connectivity index (χ3n) is 2.71. The van der Waals surface area contributed by atoms with Crippen LogP contribution in [0.1, 0.15) is 19.0 Å². The molecular formula is C10H16N2O2S. The molecule has 0 saturated carbocycles. The Bertz CT molecular complexity index is 436. The second kappa shape index (κ2) is 3.98. The van der Waals surface area contributed by atoms with E-state index in [0.29, 0.717) is 19.5 Å². The van der Waals surface area contributed by atoms with Crippen molar-refractivity contribution < 1.29 is 8.42 Å².